The first-order valence-corrected chi connectivity index (χ1v) is 5.49. The molecule has 18 heavy (non-hydrogen) atoms. The molecule has 0 spiro atoms. The van der Waals surface area contributed by atoms with E-state index in [4.69, 9.17) is 4.74 Å². The summed E-state index contributed by atoms with van der Waals surface area (Å²) in [6.45, 7) is 3.02. The van der Waals surface area contributed by atoms with E-state index in [1.807, 2.05) is 0 Å². The topological polar surface area (TPSA) is 75.6 Å². The minimum Gasteiger partial charge on any atom is -0.511 e. The maximum absolute atomic E-state index is 11.8. The minimum atomic E-state index is -0.842. The Kier molecular flexibility index (Phi) is 4.92. The van der Waals surface area contributed by atoms with Crippen LogP contribution in [0.5, 0.6) is 0 Å². The molecule has 0 aliphatic carbocycles. The van der Waals surface area contributed by atoms with E-state index in [1.165, 1.54) is 6.92 Å². The summed E-state index contributed by atoms with van der Waals surface area (Å²) in [5.74, 6) is -1.91. The molecule has 0 fully saturated rings. The Morgan fingerprint density at radius 2 is 1.89 bits per heavy atom. The highest BCUT2D eigenvalue weighted by atomic mass is 16.5. The number of amides is 1. The monoisotopic (exact) mass is 249 g/mol. The van der Waals surface area contributed by atoms with Gasteiger partial charge < -0.3 is 15.2 Å². The molecule has 0 unspecified atom stereocenters. The van der Waals surface area contributed by atoms with Crippen LogP contribution in [-0.2, 0) is 14.3 Å². The largest absolute Gasteiger partial charge is 0.511 e. The van der Waals surface area contributed by atoms with Crippen molar-refractivity contribution in [3.63, 3.8) is 0 Å². The average molecular weight is 249 g/mol. The van der Waals surface area contributed by atoms with Gasteiger partial charge in [-0.2, -0.15) is 0 Å². The molecule has 2 N–H and O–H groups in total. The smallest absolute Gasteiger partial charge is 0.347 e. The lowest BCUT2D eigenvalue weighted by atomic mass is 10.2. The number of ether oxygens (including phenoxy) is 1. The molecule has 1 amide bonds. The van der Waals surface area contributed by atoms with Crippen molar-refractivity contribution in [2.24, 2.45) is 0 Å². The van der Waals surface area contributed by atoms with Gasteiger partial charge in [0.2, 0.25) is 0 Å². The first kappa shape index (κ1) is 13.8. The van der Waals surface area contributed by atoms with E-state index in [9.17, 15) is 14.7 Å². The summed E-state index contributed by atoms with van der Waals surface area (Å²) >= 11 is 0. The van der Waals surface area contributed by atoms with Gasteiger partial charge in [-0.3, -0.25) is 4.79 Å². The van der Waals surface area contributed by atoms with Gasteiger partial charge in [-0.05, 0) is 26.0 Å². The molecule has 0 heterocycles. The maximum Gasteiger partial charge on any atom is 0.347 e. The quantitative estimate of drug-likeness (QED) is 0.281. The van der Waals surface area contributed by atoms with Crippen LogP contribution >= 0.6 is 0 Å². The lowest BCUT2D eigenvalue weighted by Gasteiger charge is -2.08. The van der Waals surface area contributed by atoms with Crippen molar-refractivity contribution in [1.82, 2.24) is 0 Å². The Bertz CT molecular complexity index is 461. The Labute approximate surface area is 105 Å². The van der Waals surface area contributed by atoms with E-state index in [0.717, 1.165) is 0 Å². The van der Waals surface area contributed by atoms with Crippen LogP contribution in [0.25, 0.3) is 0 Å². The zero-order valence-electron chi connectivity index (χ0n) is 10.3. The second-order valence-electron chi connectivity index (χ2n) is 3.50. The number of rotatable bonds is 4. The van der Waals surface area contributed by atoms with Crippen molar-refractivity contribution in [3.8, 4) is 0 Å². The number of carbonyl (C=O) groups is 2. The summed E-state index contributed by atoms with van der Waals surface area (Å²) in [6.07, 6.45) is 0. The van der Waals surface area contributed by atoms with Gasteiger partial charge >= 0.3 is 5.97 Å². The molecule has 96 valence electrons. The van der Waals surface area contributed by atoms with Crippen molar-refractivity contribution in [3.05, 3.63) is 41.7 Å². The number of hydrogen-bond donors (Lipinski definition) is 2. The summed E-state index contributed by atoms with van der Waals surface area (Å²) in [5.41, 5.74) is 0.145. The minimum absolute atomic E-state index is 0.133. The van der Waals surface area contributed by atoms with E-state index in [-0.39, 0.29) is 17.9 Å². The van der Waals surface area contributed by atoms with Crippen LogP contribution < -0.4 is 5.32 Å². The molecule has 0 aliphatic heterocycles. The SMILES string of the molecule is CCOC(=O)/C(C(=O)Nc1ccccc1)=C(\C)O. The van der Waals surface area contributed by atoms with Crippen molar-refractivity contribution in [1.29, 1.82) is 0 Å². The third kappa shape index (κ3) is 3.62. The highest BCUT2D eigenvalue weighted by molar-refractivity contribution is 6.21. The van der Waals surface area contributed by atoms with Gasteiger partial charge in [-0.1, -0.05) is 18.2 Å². The van der Waals surface area contributed by atoms with Gasteiger partial charge in [-0.25, -0.2) is 4.79 Å². The number of para-hydroxylation sites is 1. The van der Waals surface area contributed by atoms with Gasteiger partial charge in [0.15, 0.2) is 5.57 Å². The van der Waals surface area contributed by atoms with Gasteiger partial charge in [0, 0.05) is 5.69 Å². The van der Waals surface area contributed by atoms with E-state index in [2.05, 4.69) is 5.32 Å². The van der Waals surface area contributed by atoms with Gasteiger partial charge in [0.1, 0.15) is 5.76 Å². The maximum atomic E-state index is 11.8. The fourth-order valence-electron chi connectivity index (χ4n) is 1.32. The third-order valence-corrected chi connectivity index (χ3v) is 2.10. The summed E-state index contributed by atoms with van der Waals surface area (Å²) in [5, 5.41) is 11.9. The molecule has 0 aliphatic rings. The number of aliphatic hydroxyl groups excluding tert-OH is 1. The number of allylic oxidation sites excluding steroid dienone is 1. The van der Waals surface area contributed by atoms with Crippen molar-refractivity contribution in [2.75, 3.05) is 11.9 Å². The first-order chi connectivity index (χ1) is 8.56. The third-order valence-electron chi connectivity index (χ3n) is 2.10. The molecule has 5 heteroatoms. The zero-order valence-corrected chi connectivity index (χ0v) is 10.3. The van der Waals surface area contributed by atoms with E-state index < -0.39 is 11.9 Å². The molecule has 0 radical (unpaired) electrons. The molecular weight excluding hydrogens is 234 g/mol. The Morgan fingerprint density at radius 3 is 2.39 bits per heavy atom. The van der Waals surface area contributed by atoms with Gasteiger partial charge in [0.25, 0.3) is 5.91 Å². The number of hydrogen-bond acceptors (Lipinski definition) is 4. The number of carbonyl (C=O) groups excluding carboxylic acids is 2. The molecule has 1 rings (SSSR count). The van der Waals surface area contributed by atoms with Gasteiger partial charge in [-0.15, -0.1) is 0 Å². The standard InChI is InChI=1S/C13H15NO4/c1-3-18-13(17)11(9(2)15)12(16)14-10-7-5-4-6-8-10/h4-8,15H,3H2,1-2H3,(H,14,16)/b11-9+. The number of aliphatic hydroxyl groups is 1. The highest BCUT2D eigenvalue weighted by Crippen LogP contribution is 2.10. The van der Waals surface area contributed by atoms with Gasteiger partial charge in [0.05, 0.1) is 6.61 Å². The zero-order chi connectivity index (χ0) is 13.5. The second-order valence-corrected chi connectivity index (χ2v) is 3.50. The fraction of sp³-hybridized carbons (Fsp3) is 0.231. The fourth-order valence-corrected chi connectivity index (χ4v) is 1.32. The summed E-state index contributed by atoms with van der Waals surface area (Å²) in [6, 6.07) is 8.64. The van der Waals surface area contributed by atoms with Crippen molar-refractivity contribution < 1.29 is 19.4 Å². The van der Waals surface area contributed by atoms with Crippen molar-refractivity contribution in [2.45, 2.75) is 13.8 Å². The predicted octanol–water partition coefficient (Wildman–Crippen LogP) is 2.02. The molecule has 0 saturated carbocycles. The molecule has 1 aromatic rings. The molecule has 0 atom stereocenters. The lowest BCUT2D eigenvalue weighted by Crippen LogP contribution is -2.23. The van der Waals surface area contributed by atoms with Crippen LogP contribution in [0.4, 0.5) is 5.69 Å². The number of esters is 1. The van der Waals surface area contributed by atoms with Crippen LogP contribution in [-0.4, -0.2) is 23.6 Å². The molecule has 0 aromatic heterocycles. The number of nitrogens with one attached hydrogen (secondary N) is 1. The summed E-state index contributed by atoms with van der Waals surface area (Å²) in [7, 11) is 0. The predicted molar refractivity (Wildman–Crippen MR) is 67.0 cm³/mol. The molecule has 1 aromatic carbocycles. The van der Waals surface area contributed by atoms with E-state index in [0.29, 0.717) is 5.69 Å². The van der Waals surface area contributed by atoms with E-state index in [1.54, 1.807) is 37.3 Å². The Morgan fingerprint density at radius 1 is 1.28 bits per heavy atom. The van der Waals surface area contributed by atoms with Crippen LogP contribution in [0, 0.1) is 0 Å². The Balaban J connectivity index is 2.86. The van der Waals surface area contributed by atoms with Crippen molar-refractivity contribution >= 4 is 17.6 Å². The lowest BCUT2D eigenvalue weighted by molar-refractivity contribution is -0.140. The van der Waals surface area contributed by atoms with Crippen LogP contribution in [0.2, 0.25) is 0 Å². The van der Waals surface area contributed by atoms with Crippen LogP contribution in [0.15, 0.2) is 41.7 Å². The summed E-state index contributed by atoms with van der Waals surface area (Å²) in [4.78, 5) is 23.4. The molecular formula is C13H15NO4. The van der Waals surface area contributed by atoms with Crippen LogP contribution in [0.3, 0.4) is 0 Å². The first-order valence-electron chi connectivity index (χ1n) is 5.49. The van der Waals surface area contributed by atoms with E-state index >= 15 is 0 Å². The Hall–Kier alpha value is -2.30. The molecule has 5 nitrogen and oxygen atoms in total. The number of anilines is 1. The number of benzene rings is 1. The normalized spacial score (nSPS) is 11.4. The highest BCUT2D eigenvalue weighted by Gasteiger charge is 2.22. The summed E-state index contributed by atoms with van der Waals surface area (Å²) < 4.78 is 4.71. The molecule has 0 bridgehead atoms. The molecule has 0 saturated heterocycles. The average Bonchev–Trinajstić information content (AvgIpc) is 2.30. The van der Waals surface area contributed by atoms with Crippen LogP contribution in [0.1, 0.15) is 13.8 Å². The second kappa shape index (κ2) is 6.44.